The van der Waals surface area contributed by atoms with Crippen molar-refractivity contribution in [2.45, 2.75) is 33.9 Å². The molecule has 0 aliphatic rings. The zero-order chi connectivity index (χ0) is 17.5. The van der Waals surface area contributed by atoms with Gasteiger partial charge in [0.1, 0.15) is 0 Å². The van der Waals surface area contributed by atoms with Crippen LogP contribution in [0, 0.1) is 5.41 Å². The molecule has 0 aromatic heterocycles. The van der Waals surface area contributed by atoms with E-state index in [1.54, 1.807) is 20.8 Å². The van der Waals surface area contributed by atoms with Crippen molar-refractivity contribution in [1.82, 2.24) is 0 Å². The summed E-state index contributed by atoms with van der Waals surface area (Å²) in [5, 5.41) is 5.39. The van der Waals surface area contributed by atoms with Crippen LogP contribution in [-0.4, -0.2) is 15.4 Å². The minimum atomic E-state index is -0.507. The van der Waals surface area contributed by atoms with Crippen LogP contribution in [0.3, 0.4) is 0 Å². The molecule has 26 heavy (non-hydrogen) atoms. The van der Waals surface area contributed by atoms with Crippen molar-refractivity contribution in [2.75, 3.05) is 0 Å². The monoisotopic (exact) mass is 441 g/mol. The molecule has 0 atom stereocenters. The summed E-state index contributed by atoms with van der Waals surface area (Å²) in [6.07, 6.45) is 0. The van der Waals surface area contributed by atoms with Gasteiger partial charge in [-0.3, -0.25) is 0 Å². The fraction of sp³-hybridized carbons (Fsp3) is 0.300. The van der Waals surface area contributed by atoms with Gasteiger partial charge >= 0.3 is 21.7 Å². The summed E-state index contributed by atoms with van der Waals surface area (Å²) in [5.74, 6) is -0.507. The molecule has 1 N–H and O–H groups in total. The molecule has 0 bridgehead atoms. The van der Waals surface area contributed by atoms with Crippen LogP contribution in [0.2, 0.25) is 13.1 Å². The summed E-state index contributed by atoms with van der Waals surface area (Å²) in [6, 6.07) is 19.3. The van der Waals surface area contributed by atoms with E-state index in [1.807, 2.05) is 0 Å². The van der Waals surface area contributed by atoms with Gasteiger partial charge in [-0.2, -0.15) is 0 Å². The van der Waals surface area contributed by atoms with Crippen LogP contribution in [0.1, 0.15) is 20.8 Å². The van der Waals surface area contributed by atoms with Crippen LogP contribution in [0.4, 0.5) is 0 Å². The third-order valence-electron chi connectivity index (χ3n) is 3.20. The molecule has 6 heteroatoms. The molecule has 1 amide bonds. The number of fused-ring (bicyclic) bond motifs is 3. The Morgan fingerprint density at radius 3 is 1.42 bits per heavy atom. The fourth-order valence-electron chi connectivity index (χ4n) is 1.90. The van der Waals surface area contributed by atoms with Gasteiger partial charge < -0.3 is 35.3 Å². The van der Waals surface area contributed by atoms with E-state index in [-0.39, 0.29) is 46.5 Å². The quantitative estimate of drug-likeness (QED) is 0.360. The maximum absolute atomic E-state index is 10.1. The van der Waals surface area contributed by atoms with E-state index in [9.17, 15) is 4.79 Å². The zero-order valence-electron chi connectivity index (χ0n) is 15.9. The van der Waals surface area contributed by atoms with Gasteiger partial charge in [0.05, 0.1) is 5.91 Å². The van der Waals surface area contributed by atoms with Crippen molar-refractivity contribution in [3.63, 3.8) is 0 Å². The topological polar surface area (TPSA) is 40.9 Å². The first kappa shape index (κ1) is 30.0. The molecule has 3 aromatic carbocycles. The van der Waals surface area contributed by atoms with E-state index in [0.717, 1.165) is 9.52 Å². The number of amides is 1. The molecule has 0 aliphatic heterocycles. The Balaban J connectivity index is -0.000000358. The molecule has 0 spiro atoms. The Kier molecular flexibility index (Phi) is 16.6. The predicted molar refractivity (Wildman–Crippen MR) is 103 cm³/mol. The van der Waals surface area contributed by atoms with Gasteiger partial charge in [-0.15, -0.1) is 39.7 Å². The van der Waals surface area contributed by atoms with Gasteiger partial charge in [0.15, 0.2) is 0 Å². The number of carbonyl (C=O) groups excluding carboxylic acids is 1. The summed E-state index contributed by atoms with van der Waals surface area (Å²) in [6.45, 7) is 9.48. The molecular weight excluding hydrogens is 417 g/mol. The summed E-state index contributed by atoms with van der Waals surface area (Å²) >= 11 is 0. The third-order valence-corrected chi connectivity index (χ3v) is 3.20. The average molecular weight is 442 g/mol. The van der Waals surface area contributed by atoms with Crippen molar-refractivity contribution >= 4 is 37.0 Å². The summed E-state index contributed by atoms with van der Waals surface area (Å²) < 4.78 is 0. The first-order valence-electron chi connectivity index (χ1n) is 7.69. The van der Waals surface area contributed by atoms with E-state index in [4.69, 9.17) is 5.73 Å². The second-order valence-electron chi connectivity index (χ2n) is 6.40. The van der Waals surface area contributed by atoms with Gasteiger partial charge in [-0.05, 0) is 0 Å². The van der Waals surface area contributed by atoms with E-state index >= 15 is 0 Å². The van der Waals surface area contributed by atoms with Crippen molar-refractivity contribution in [3.8, 4) is 0 Å². The van der Waals surface area contributed by atoms with Crippen LogP contribution in [-0.2, 0) is 26.5 Å². The van der Waals surface area contributed by atoms with Crippen molar-refractivity contribution in [2.24, 2.45) is 5.41 Å². The smallest absolute Gasteiger partial charge is 1.00 e. The van der Waals surface area contributed by atoms with Gasteiger partial charge in [0.2, 0.25) is 0 Å². The first-order valence-corrected chi connectivity index (χ1v) is 9.69. The molecular formula is C20H25Cl2NOSiTi. The normalized spacial score (nSPS) is 9.27. The molecule has 0 aliphatic carbocycles. The van der Waals surface area contributed by atoms with E-state index in [0.29, 0.717) is 0 Å². The number of nitrogens with one attached hydrogen (secondary N) is 1. The Morgan fingerprint density at radius 2 is 1.15 bits per heavy atom. The number of halogens is 2. The second kappa shape index (κ2) is 14.4. The minimum Gasteiger partial charge on any atom is -1.00 e. The van der Waals surface area contributed by atoms with Gasteiger partial charge in [-0.25, -0.2) is 0 Å². The number of rotatable bonds is 0. The Hall–Kier alpha value is -0.709. The van der Waals surface area contributed by atoms with Crippen LogP contribution in [0.5, 0.6) is 0 Å². The molecule has 2 radical (unpaired) electrons. The van der Waals surface area contributed by atoms with Gasteiger partial charge in [-0.1, -0.05) is 70.3 Å². The second-order valence-corrected chi connectivity index (χ2v) is 7.40. The van der Waals surface area contributed by atoms with Crippen molar-refractivity contribution in [3.05, 3.63) is 60.3 Å². The summed E-state index contributed by atoms with van der Waals surface area (Å²) in [7, 11) is 1.08. The number of benzene rings is 2. The standard InChI is InChI=1S/C13H9.C5H11NO.C2H6Si.2ClH.Ti/c1-3-7-12-10(5-1)9-11-6-2-4-8-13(11)12;1-5(2,3)4(6)7;1-3-2;;;/h1-9H;1-3H3,(H2,6,7);1-2H3;2*1H;/q-1;;;;;+4/p-3. The van der Waals surface area contributed by atoms with Crippen molar-refractivity contribution in [1.29, 1.82) is 0 Å². The Bertz CT molecular complexity index is 719. The van der Waals surface area contributed by atoms with Gasteiger partial charge in [0.25, 0.3) is 0 Å². The molecule has 0 saturated carbocycles. The molecule has 0 fully saturated rings. The predicted octanol–water partition coefficient (Wildman–Crippen LogP) is 0.116. The number of carbonyl (C=O) groups is 1. The van der Waals surface area contributed by atoms with E-state index in [1.165, 1.54) is 21.5 Å². The maximum Gasteiger partial charge on any atom is 4.00 e. The fourth-order valence-corrected chi connectivity index (χ4v) is 1.90. The molecule has 3 aromatic rings. The van der Waals surface area contributed by atoms with Crippen LogP contribution in [0.25, 0.3) is 27.3 Å². The van der Waals surface area contributed by atoms with Crippen molar-refractivity contribution < 1.29 is 51.3 Å². The zero-order valence-corrected chi connectivity index (χ0v) is 19.9. The Morgan fingerprint density at radius 1 is 0.885 bits per heavy atom. The van der Waals surface area contributed by atoms with Gasteiger partial charge in [0, 0.05) is 14.9 Å². The summed E-state index contributed by atoms with van der Waals surface area (Å²) in [5.41, 5.74) is 6.12. The molecule has 3 rings (SSSR count). The molecule has 2 nitrogen and oxygen atoms in total. The molecule has 0 unspecified atom stereocenters. The maximum atomic E-state index is 10.1. The molecule has 0 saturated heterocycles. The third kappa shape index (κ3) is 9.29. The first-order chi connectivity index (χ1) is 10.8. The van der Waals surface area contributed by atoms with Crippen LogP contribution in [0.15, 0.2) is 54.6 Å². The summed E-state index contributed by atoms with van der Waals surface area (Å²) in [4.78, 5) is 10.1. The number of hydrogen-bond acceptors (Lipinski definition) is 1. The number of hydrogen-bond donors (Lipinski definition) is 0. The molecule has 138 valence electrons. The average Bonchev–Trinajstić information content (AvgIpc) is 2.86. The SMILES string of the molecule is CC(C)(C)C([NH-])=O.C[Si]C.[Cl-].[Cl-].[Ti+4].c1ccc2c(c1)[cH-]c1ccccc12. The van der Waals surface area contributed by atoms with E-state index in [2.05, 4.69) is 67.7 Å². The van der Waals surface area contributed by atoms with Crippen LogP contribution < -0.4 is 24.8 Å². The van der Waals surface area contributed by atoms with Crippen LogP contribution >= 0.6 is 0 Å². The molecule has 0 heterocycles. The van der Waals surface area contributed by atoms with E-state index < -0.39 is 11.3 Å². The largest absolute Gasteiger partial charge is 4.00 e. The Labute approximate surface area is 187 Å². The minimum absolute atomic E-state index is 0.